The summed E-state index contributed by atoms with van der Waals surface area (Å²) in [6, 6.07) is 9.41. The minimum absolute atomic E-state index is 0.104. The second-order valence-electron chi connectivity index (χ2n) is 5.68. The number of benzene rings is 1. The Bertz CT molecular complexity index is 593. The van der Waals surface area contributed by atoms with Crippen LogP contribution in [0.2, 0.25) is 0 Å². The summed E-state index contributed by atoms with van der Waals surface area (Å²) in [6.45, 7) is 4.56. The van der Waals surface area contributed by atoms with Crippen LogP contribution in [-0.2, 0) is 0 Å². The van der Waals surface area contributed by atoms with Gasteiger partial charge in [0.15, 0.2) is 5.69 Å². The molecule has 0 fully saturated rings. The molecule has 0 saturated heterocycles. The highest BCUT2D eigenvalue weighted by Gasteiger charge is 2.19. The fraction of sp³-hybridized carbons (Fsp3) is 0.400. The van der Waals surface area contributed by atoms with Crippen LogP contribution in [-0.4, -0.2) is 39.2 Å². The molecule has 0 aliphatic heterocycles. The molecule has 0 bridgehead atoms. The zero-order valence-electron chi connectivity index (χ0n) is 12.3. The second kappa shape index (κ2) is 6.49. The van der Waals surface area contributed by atoms with E-state index in [2.05, 4.69) is 15.5 Å². The van der Waals surface area contributed by atoms with Crippen LogP contribution in [0.15, 0.2) is 36.5 Å². The maximum absolute atomic E-state index is 12.1. The van der Waals surface area contributed by atoms with E-state index in [0.717, 1.165) is 5.69 Å². The molecule has 2 rings (SSSR count). The molecule has 6 nitrogen and oxygen atoms in total. The Morgan fingerprint density at radius 2 is 2.05 bits per heavy atom. The third-order valence-corrected chi connectivity index (χ3v) is 3.23. The minimum atomic E-state index is -0.261. The molecular weight excluding hydrogens is 268 g/mol. The fourth-order valence-corrected chi connectivity index (χ4v) is 1.85. The highest BCUT2D eigenvalue weighted by Crippen LogP contribution is 2.18. The number of hydrogen-bond donors (Lipinski definition) is 2. The van der Waals surface area contributed by atoms with Crippen LogP contribution in [0.1, 0.15) is 30.8 Å². The monoisotopic (exact) mass is 288 g/mol. The zero-order valence-corrected chi connectivity index (χ0v) is 12.3. The number of carbonyl (C=O) groups is 1. The van der Waals surface area contributed by atoms with E-state index in [1.165, 1.54) is 11.0 Å². The van der Waals surface area contributed by atoms with Gasteiger partial charge < -0.3 is 10.4 Å². The van der Waals surface area contributed by atoms with E-state index in [1.807, 2.05) is 44.2 Å². The van der Waals surface area contributed by atoms with Crippen molar-refractivity contribution < 1.29 is 9.90 Å². The number of hydrogen-bond acceptors (Lipinski definition) is 4. The summed E-state index contributed by atoms with van der Waals surface area (Å²) in [4.78, 5) is 13.5. The van der Waals surface area contributed by atoms with Crippen LogP contribution in [0.25, 0.3) is 5.69 Å². The molecule has 2 N–H and O–H groups in total. The van der Waals surface area contributed by atoms with Crippen LogP contribution >= 0.6 is 0 Å². The SMILES string of the molecule is CC(C)(CCO)CNC(=O)c1cnn(-c2ccccc2)n1. The van der Waals surface area contributed by atoms with Gasteiger partial charge in [-0.1, -0.05) is 32.0 Å². The van der Waals surface area contributed by atoms with Crippen molar-refractivity contribution in [1.82, 2.24) is 20.3 Å². The maximum Gasteiger partial charge on any atom is 0.273 e. The first kappa shape index (κ1) is 15.2. The van der Waals surface area contributed by atoms with Gasteiger partial charge in [0.25, 0.3) is 5.91 Å². The summed E-state index contributed by atoms with van der Waals surface area (Å²) < 4.78 is 0. The van der Waals surface area contributed by atoms with Crippen molar-refractivity contribution in [2.24, 2.45) is 5.41 Å². The molecule has 0 aliphatic carbocycles. The Morgan fingerprint density at radius 1 is 1.33 bits per heavy atom. The number of aliphatic hydroxyl groups is 1. The van der Waals surface area contributed by atoms with Gasteiger partial charge in [-0.15, -0.1) is 5.10 Å². The summed E-state index contributed by atoms with van der Waals surface area (Å²) in [5, 5.41) is 20.1. The van der Waals surface area contributed by atoms with Crippen LogP contribution in [0, 0.1) is 5.41 Å². The minimum Gasteiger partial charge on any atom is -0.396 e. The average molecular weight is 288 g/mol. The van der Waals surface area contributed by atoms with Crippen LogP contribution in [0.3, 0.4) is 0 Å². The molecule has 0 saturated carbocycles. The molecule has 21 heavy (non-hydrogen) atoms. The van der Waals surface area contributed by atoms with E-state index in [9.17, 15) is 4.79 Å². The van der Waals surface area contributed by atoms with Gasteiger partial charge in [0.1, 0.15) is 0 Å². The van der Waals surface area contributed by atoms with Crippen molar-refractivity contribution in [1.29, 1.82) is 0 Å². The molecule has 6 heteroatoms. The lowest BCUT2D eigenvalue weighted by molar-refractivity contribution is 0.0923. The van der Waals surface area contributed by atoms with Crippen LogP contribution in [0.4, 0.5) is 0 Å². The molecule has 1 amide bonds. The van der Waals surface area contributed by atoms with Gasteiger partial charge in [0, 0.05) is 13.2 Å². The second-order valence-corrected chi connectivity index (χ2v) is 5.68. The third kappa shape index (κ3) is 4.13. The first-order valence-electron chi connectivity index (χ1n) is 6.89. The van der Waals surface area contributed by atoms with Gasteiger partial charge in [-0.25, -0.2) is 0 Å². The summed E-state index contributed by atoms with van der Waals surface area (Å²) in [5.74, 6) is -0.261. The summed E-state index contributed by atoms with van der Waals surface area (Å²) in [5.41, 5.74) is 0.927. The lowest BCUT2D eigenvalue weighted by Gasteiger charge is -2.23. The molecule has 1 heterocycles. The van der Waals surface area contributed by atoms with Crippen molar-refractivity contribution in [3.05, 3.63) is 42.2 Å². The molecule has 0 spiro atoms. The number of nitrogens with one attached hydrogen (secondary N) is 1. The molecule has 2 aromatic rings. The molecular formula is C15H20N4O2. The number of nitrogens with zero attached hydrogens (tertiary/aromatic N) is 3. The van der Waals surface area contributed by atoms with E-state index >= 15 is 0 Å². The number of carbonyl (C=O) groups excluding carboxylic acids is 1. The van der Waals surface area contributed by atoms with Crippen molar-refractivity contribution in [3.8, 4) is 5.69 Å². The highest BCUT2D eigenvalue weighted by molar-refractivity contribution is 5.91. The Kier molecular flexibility index (Phi) is 4.70. The summed E-state index contributed by atoms with van der Waals surface area (Å²) in [7, 11) is 0. The van der Waals surface area contributed by atoms with Gasteiger partial charge in [-0.2, -0.15) is 9.90 Å². The van der Waals surface area contributed by atoms with Crippen molar-refractivity contribution in [2.45, 2.75) is 20.3 Å². The molecule has 112 valence electrons. The predicted molar refractivity (Wildman–Crippen MR) is 79.2 cm³/mol. The summed E-state index contributed by atoms with van der Waals surface area (Å²) >= 11 is 0. The highest BCUT2D eigenvalue weighted by atomic mass is 16.3. The first-order chi connectivity index (χ1) is 10.0. The van der Waals surface area contributed by atoms with Crippen molar-refractivity contribution >= 4 is 5.91 Å². The van der Waals surface area contributed by atoms with Gasteiger partial charge in [0.05, 0.1) is 11.9 Å². The quantitative estimate of drug-likeness (QED) is 0.842. The molecule has 1 aromatic carbocycles. The summed E-state index contributed by atoms with van der Waals surface area (Å²) in [6.07, 6.45) is 2.07. The van der Waals surface area contributed by atoms with E-state index in [-0.39, 0.29) is 23.6 Å². The Morgan fingerprint density at radius 3 is 2.71 bits per heavy atom. The Hall–Kier alpha value is -2.21. The van der Waals surface area contributed by atoms with Gasteiger partial charge in [-0.3, -0.25) is 4.79 Å². The van der Waals surface area contributed by atoms with Gasteiger partial charge in [-0.05, 0) is 24.0 Å². The van der Waals surface area contributed by atoms with Gasteiger partial charge in [0.2, 0.25) is 0 Å². The topological polar surface area (TPSA) is 80.0 Å². The van der Waals surface area contributed by atoms with Crippen molar-refractivity contribution in [2.75, 3.05) is 13.2 Å². The normalized spacial score (nSPS) is 11.4. The van der Waals surface area contributed by atoms with E-state index in [1.54, 1.807) is 0 Å². The van der Waals surface area contributed by atoms with E-state index in [4.69, 9.17) is 5.11 Å². The Labute approximate surface area is 123 Å². The average Bonchev–Trinajstić information content (AvgIpc) is 2.96. The lowest BCUT2D eigenvalue weighted by Crippen LogP contribution is -2.34. The lowest BCUT2D eigenvalue weighted by atomic mass is 9.90. The smallest absolute Gasteiger partial charge is 0.273 e. The first-order valence-corrected chi connectivity index (χ1v) is 6.89. The number of aromatic nitrogens is 3. The standard InChI is InChI=1S/C15H20N4O2/c1-15(2,8-9-20)11-16-14(21)13-10-17-19(18-13)12-6-4-3-5-7-12/h3-7,10,20H,8-9,11H2,1-2H3,(H,16,21). The Balaban J connectivity index is 2.00. The molecule has 0 aliphatic rings. The largest absolute Gasteiger partial charge is 0.396 e. The van der Waals surface area contributed by atoms with Gasteiger partial charge >= 0.3 is 0 Å². The van der Waals surface area contributed by atoms with Crippen molar-refractivity contribution in [3.63, 3.8) is 0 Å². The van der Waals surface area contributed by atoms with E-state index in [0.29, 0.717) is 13.0 Å². The molecule has 0 unspecified atom stereocenters. The zero-order chi connectivity index (χ0) is 15.3. The molecule has 0 atom stereocenters. The predicted octanol–water partition coefficient (Wildman–Crippen LogP) is 1.41. The van der Waals surface area contributed by atoms with E-state index < -0.39 is 0 Å². The third-order valence-electron chi connectivity index (χ3n) is 3.23. The van der Waals surface area contributed by atoms with Crippen LogP contribution in [0.5, 0.6) is 0 Å². The number of para-hydroxylation sites is 1. The number of aliphatic hydroxyl groups excluding tert-OH is 1. The van der Waals surface area contributed by atoms with Crippen LogP contribution < -0.4 is 5.32 Å². The fourth-order valence-electron chi connectivity index (χ4n) is 1.85. The molecule has 0 radical (unpaired) electrons. The number of amides is 1. The molecule has 1 aromatic heterocycles. The maximum atomic E-state index is 12.1. The number of rotatable bonds is 6.